The minimum Gasteiger partial charge on any atom is -0.490 e. The lowest BCUT2D eigenvalue weighted by Gasteiger charge is -2.10. The highest BCUT2D eigenvalue weighted by molar-refractivity contribution is 6.37. The van der Waals surface area contributed by atoms with Gasteiger partial charge in [-0.05, 0) is 42.3 Å². The minimum absolute atomic E-state index is 0.214. The van der Waals surface area contributed by atoms with Crippen molar-refractivity contribution in [3.63, 3.8) is 0 Å². The maximum absolute atomic E-state index is 12.7. The Labute approximate surface area is 153 Å². The SMILES string of the molecule is CCCOc1c(Cl)cc(C=NNc2cccc(C(F)(F)F)c2)cc1Cl. The van der Waals surface area contributed by atoms with Gasteiger partial charge in [-0.15, -0.1) is 0 Å². The molecule has 0 aliphatic rings. The Kier molecular flexibility index (Phi) is 6.56. The number of benzene rings is 2. The molecule has 2 aromatic carbocycles. The van der Waals surface area contributed by atoms with Crippen LogP contribution in [0, 0.1) is 0 Å². The normalized spacial score (nSPS) is 11.8. The molecular weight excluding hydrogens is 376 g/mol. The fourth-order valence-corrected chi connectivity index (χ4v) is 2.56. The highest BCUT2D eigenvalue weighted by Gasteiger charge is 2.30. The third kappa shape index (κ3) is 5.54. The zero-order valence-electron chi connectivity index (χ0n) is 13.2. The summed E-state index contributed by atoms with van der Waals surface area (Å²) in [5, 5.41) is 4.58. The van der Waals surface area contributed by atoms with Crippen LogP contribution in [0.4, 0.5) is 18.9 Å². The third-order valence-corrected chi connectivity index (χ3v) is 3.63. The zero-order chi connectivity index (χ0) is 18.4. The second-order valence-corrected chi connectivity index (χ2v) is 5.93. The van der Waals surface area contributed by atoms with Gasteiger partial charge in [-0.1, -0.05) is 36.2 Å². The van der Waals surface area contributed by atoms with E-state index in [0.29, 0.717) is 28.0 Å². The summed E-state index contributed by atoms with van der Waals surface area (Å²) in [5.41, 5.74) is 2.59. The molecule has 8 heteroatoms. The lowest BCUT2D eigenvalue weighted by atomic mass is 10.2. The molecule has 2 rings (SSSR count). The van der Waals surface area contributed by atoms with Gasteiger partial charge in [0.1, 0.15) is 0 Å². The maximum Gasteiger partial charge on any atom is 0.416 e. The van der Waals surface area contributed by atoms with Crippen molar-refractivity contribution in [2.24, 2.45) is 5.10 Å². The van der Waals surface area contributed by atoms with E-state index in [0.717, 1.165) is 18.6 Å². The summed E-state index contributed by atoms with van der Waals surface area (Å²) in [6.07, 6.45) is -2.19. The van der Waals surface area contributed by atoms with Crippen LogP contribution >= 0.6 is 23.2 Å². The number of hydrogen-bond donors (Lipinski definition) is 1. The fourth-order valence-electron chi connectivity index (χ4n) is 1.94. The predicted molar refractivity (Wildman–Crippen MR) is 94.9 cm³/mol. The van der Waals surface area contributed by atoms with Crippen LogP contribution in [0.15, 0.2) is 41.5 Å². The zero-order valence-corrected chi connectivity index (χ0v) is 14.7. The van der Waals surface area contributed by atoms with Gasteiger partial charge in [0.15, 0.2) is 5.75 Å². The van der Waals surface area contributed by atoms with Gasteiger partial charge < -0.3 is 4.74 Å². The smallest absolute Gasteiger partial charge is 0.416 e. The van der Waals surface area contributed by atoms with Crippen molar-refractivity contribution in [2.75, 3.05) is 12.0 Å². The predicted octanol–water partition coefficient (Wildman–Crippen LogP) is 6.25. The number of halogens is 5. The number of hydrogen-bond acceptors (Lipinski definition) is 3. The topological polar surface area (TPSA) is 33.6 Å². The fraction of sp³-hybridized carbons (Fsp3) is 0.235. The molecular formula is C17H15Cl2F3N2O. The Morgan fingerprint density at radius 2 is 1.84 bits per heavy atom. The van der Waals surface area contributed by atoms with Crippen LogP contribution in [0.5, 0.6) is 5.75 Å². The number of alkyl halides is 3. The Bertz CT molecular complexity index is 741. The Morgan fingerprint density at radius 3 is 2.44 bits per heavy atom. The molecule has 0 unspecified atom stereocenters. The van der Waals surface area contributed by atoms with E-state index >= 15 is 0 Å². The van der Waals surface area contributed by atoms with Gasteiger partial charge >= 0.3 is 6.18 Å². The molecule has 2 aromatic rings. The summed E-state index contributed by atoms with van der Waals surface area (Å²) in [4.78, 5) is 0. The quantitative estimate of drug-likeness (QED) is 0.467. The van der Waals surface area contributed by atoms with Crippen molar-refractivity contribution < 1.29 is 17.9 Å². The highest BCUT2D eigenvalue weighted by atomic mass is 35.5. The number of ether oxygens (including phenoxy) is 1. The number of anilines is 1. The van der Waals surface area contributed by atoms with Gasteiger partial charge in [-0.25, -0.2) is 0 Å². The van der Waals surface area contributed by atoms with E-state index in [1.807, 2.05) is 6.92 Å². The molecule has 0 saturated carbocycles. The maximum atomic E-state index is 12.7. The van der Waals surface area contributed by atoms with Crippen LogP contribution < -0.4 is 10.2 Å². The second kappa shape index (κ2) is 8.45. The molecule has 1 N–H and O–H groups in total. The molecule has 0 aromatic heterocycles. The lowest BCUT2D eigenvalue weighted by molar-refractivity contribution is -0.137. The molecule has 25 heavy (non-hydrogen) atoms. The second-order valence-electron chi connectivity index (χ2n) is 5.11. The first-order chi connectivity index (χ1) is 11.8. The molecule has 3 nitrogen and oxygen atoms in total. The summed E-state index contributed by atoms with van der Waals surface area (Å²) >= 11 is 12.2. The summed E-state index contributed by atoms with van der Waals surface area (Å²) in [6.45, 7) is 2.45. The molecule has 134 valence electrons. The van der Waals surface area contributed by atoms with E-state index in [1.54, 1.807) is 12.1 Å². The van der Waals surface area contributed by atoms with Crippen LogP contribution in [0.1, 0.15) is 24.5 Å². The van der Waals surface area contributed by atoms with Gasteiger partial charge in [0.05, 0.1) is 34.1 Å². The van der Waals surface area contributed by atoms with Crippen molar-refractivity contribution in [1.82, 2.24) is 0 Å². The van der Waals surface area contributed by atoms with E-state index in [-0.39, 0.29) is 5.69 Å². The standard InChI is InChI=1S/C17H15Cl2F3N2O/c1-2-6-25-16-14(18)7-11(8-15(16)19)10-23-24-13-5-3-4-12(9-13)17(20,21)22/h3-5,7-10,24H,2,6H2,1H3. The lowest BCUT2D eigenvalue weighted by Crippen LogP contribution is -2.05. The summed E-state index contributed by atoms with van der Waals surface area (Å²) in [5.74, 6) is 0.396. The van der Waals surface area contributed by atoms with E-state index in [2.05, 4.69) is 10.5 Å². The molecule has 0 bridgehead atoms. The molecule has 0 saturated heterocycles. The first-order valence-electron chi connectivity index (χ1n) is 7.39. The summed E-state index contributed by atoms with van der Waals surface area (Å²) in [6, 6.07) is 7.95. The minimum atomic E-state index is -4.41. The Hall–Kier alpha value is -1.92. The summed E-state index contributed by atoms with van der Waals surface area (Å²) < 4.78 is 43.4. The molecule has 0 amide bonds. The molecule has 0 aliphatic heterocycles. The van der Waals surface area contributed by atoms with Crippen LogP contribution in [0.25, 0.3) is 0 Å². The number of hydrazone groups is 1. The van der Waals surface area contributed by atoms with Crippen LogP contribution in [-0.4, -0.2) is 12.8 Å². The Balaban J connectivity index is 2.10. The number of nitrogens with one attached hydrogen (secondary N) is 1. The molecule has 0 heterocycles. The van der Waals surface area contributed by atoms with Crippen molar-refractivity contribution in [1.29, 1.82) is 0 Å². The van der Waals surface area contributed by atoms with E-state index in [4.69, 9.17) is 27.9 Å². The summed E-state index contributed by atoms with van der Waals surface area (Å²) in [7, 11) is 0. The highest BCUT2D eigenvalue weighted by Crippen LogP contribution is 2.34. The van der Waals surface area contributed by atoms with Gasteiger partial charge in [-0.2, -0.15) is 18.3 Å². The molecule has 0 aliphatic carbocycles. The van der Waals surface area contributed by atoms with Gasteiger partial charge in [0.2, 0.25) is 0 Å². The Morgan fingerprint density at radius 1 is 1.16 bits per heavy atom. The van der Waals surface area contributed by atoms with Gasteiger partial charge in [0.25, 0.3) is 0 Å². The van der Waals surface area contributed by atoms with Crippen LogP contribution in [-0.2, 0) is 6.18 Å². The first kappa shape index (κ1) is 19.4. The van der Waals surface area contributed by atoms with Crippen LogP contribution in [0.2, 0.25) is 10.0 Å². The van der Waals surface area contributed by atoms with Crippen molar-refractivity contribution >= 4 is 35.1 Å². The largest absolute Gasteiger partial charge is 0.490 e. The average Bonchev–Trinajstić information content (AvgIpc) is 2.54. The van der Waals surface area contributed by atoms with Crippen molar-refractivity contribution in [3.05, 3.63) is 57.6 Å². The van der Waals surface area contributed by atoms with Crippen LogP contribution in [0.3, 0.4) is 0 Å². The van der Waals surface area contributed by atoms with E-state index in [9.17, 15) is 13.2 Å². The first-order valence-corrected chi connectivity index (χ1v) is 8.15. The third-order valence-electron chi connectivity index (χ3n) is 3.07. The molecule has 0 spiro atoms. The number of rotatable bonds is 6. The van der Waals surface area contributed by atoms with Gasteiger partial charge in [-0.3, -0.25) is 5.43 Å². The molecule has 0 radical (unpaired) electrons. The van der Waals surface area contributed by atoms with E-state index < -0.39 is 11.7 Å². The molecule has 0 atom stereocenters. The van der Waals surface area contributed by atoms with Gasteiger partial charge in [0, 0.05) is 0 Å². The van der Waals surface area contributed by atoms with Crippen molar-refractivity contribution in [3.8, 4) is 5.75 Å². The molecule has 0 fully saturated rings. The van der Waals surface area contributed by atoms with E-state index in [1.165, 1.54) is 18.3 Å². The average molecular weight is 391 g/mol. The van der Waals surface area contributed by atoms with Crippen molar-refractivity contribution in [2.45, 2.75) is 19.5 Å². The number of nitrogens with zero attached hydrogens (tertiary/aromatic N) is 1. The monoisotopic (exact) mass is 390 g/mol.